The van der Waals surface area contributed by atoms with Crippen molar-refractivity contribution in [1.82, 2.24) is 9.97 Å². The number of nitrogens with one attached hydrogen (secondary N) is 1. The zero-order valence-electron chi connectivity index (χ0n) is 12.8. The first-order valence-electron chi connectivity index (χ1n) is 6.95. The minimum atomic E-state index is -0.0914. The van der Waals surface area contributed by atoms with E-state index < -0.39 is 0 Å². The first-order chi connectivity index (χ1) is 8.88. The number of anilines is 2. The van der Waals surface area contributed by atoms with Gasteiger partial charge in [-0.3, -0.25) is 0 Å². The van der Waals surface area contributed by atoms with Crippen LogP contribution in [0.4, 0.5) is 11.6 Å². The quantitative estimate of drug-likeness (QED) is 0.470. The summed E-state index contributed by atoms with van der Waals surface area (Å²) >= 11 is 0. The monoisotopic (exact) mass is 265 g/mol. The van der Waals surface area contributed by atoms with E-state index in [1.54, 1.807) is 0 Å². The van der Waals surface area contributed by atoms with Gasteiger partial charge in [-0.25, -0.2) is 15.8 Å². The van der Waals surface area contributed by atoms with Gasteiger partial charge in [-0.15, -0.1) is 0 Å². The van der Waals surface area contributed by atoms with Crippen molar-refractivity contribution in [3.05, 3.63) is 11.9 Å². The number of aromatic nitrogens is 2. The van der Waals surface area contributed by atoms with Gasteiger partial charge in [0, 0.05) is 25.1 Å². The highest BCUT2D eigenvalue weighted by Crippen LogP contribution is 2.23. The summed E-state index contributed by atoms with van der Waals surface area (Å²) in [6.45, 7) is 9.51. The zero-order chi connectivity index (χ0) is 14.5. The van der Waals surface area contributed by atoms with Gasteiger partial charge in [-0.1, -0.05) is 40.5 Å². The fourth-order valence-corrected chi connectivity index (χ4v) is 1.75. The number of nitrogens with two attached hydrogens (primary N) is 1. The number of nitrogens with zero attached hydrogens (tertiary/aromatic N) is 3. The van der Waals surface area contributed by atoms with E-state index in [4.69, 9.17) is 5.84 Å². The number of hydrogen-bond acceptors (Lipinski definition) is 5. The van der Waals surface area contributed by atoms with Crippen LogP contribution in [-0.4, -0.2) is 23.6 Å². The summed E-state index contributed by atoms with van der Waals surface area (Å²) in [6.07, 6.45) is 3.64. The Morgan fingerprint density at radius 2 is 1.95 bits per heavy atom. The van der Waals surface area contributed by atoms with E-state index in [0.29, 0.717) is 5.82 Å². The Kier molecular flexibility index (Phi) is 5.54. The summed E-state index contributed by atoms with van der Waals surface area (Å²) in [6, 6.07) is 1.89. The Labute approximate surface area is 116 Å². The Morgan fingerprint density at radius 1 is 1.26 bits per heavy atom. The van der Waals surface area contributed by atoms with Crippen molar-refractivity contribution in [2.75, 3.05) is 23.9 Å². The third kappa shape index (κ3) is 4.67. The molecule has 0 spiro atoms. The molecule has 1 aromatic heterocycles. The third-order valence-electron chi connectivity index (χ3n) is 3.02. The summed E-state index contributed by atoms with van der Waals surface area (Å²) < 4.78 is 0. The van der Waals surface area contributed by atoms with Crippen molar-refractivity contribution in [1.29, 1.82) is 0 Å². The Balaban J connectivity index is 2.93. The molecule has 1 rings (SSSR count). The standard InChI is InChI=1S/C14H27N5/c1-6-7-8-9-19(5)12-10-11(18-15)16-13(17-12)14(2,3)4/h10H,6-9,15H2,1-5H3,(H,16,17,18). The molecular weight excluding hydrogens is 238 g/mol. The first kappa shape index (κ1) is 15.7. The number of rotatable bonds is 6. The van der Waals surface area contributed by atoms with Gasteiger partial charge in [-0.2, -0.15) is 0 Å². The number of unbranched alkanes of at least 4 members (excludes halogenated alkanes) is 2. The molecule has 1 aromatic rings. The minimum Gasteiger partial charge on any atom is -0.360 e. The molecule has 0 unspecified atom stereocenters. The lowest BCUT2D eigenvalue weighted by atomic mass is 9.96. The van der Waals surface area contributed by atoms with E-state index in [1.807, 2.05) is 6.07 Å². The van der Waals surface area contributed by atoms with Crippen LogP contribution in [0.25, 0.3) is 0 Å². The van der Waals surface area contributed by atoms with Crippen LogP contribution in [0.5, 0.6) is 0 Å². The van der Waals surface area contributed by atoms with E-state index in [-0.39, 0.29) is 5.41 Å². The van der Waals surface area contributed by atoms with E-state index in [9.17, 15) is 0 Å². The lowest BCUT2D eigenvalue weighted by Gasteiger charge is -2.23. The van der Waals surface area contributed by atoms with Crippen LogP contribution in [-0.2, 0) is 5.41 Å². The molecule has 0 radical (unpaired) electrons. The van der Waals surface area contributed by atoms with Gasteiger partial charge in [0.25, 0.3) is 0 Å². The maximum Gasteiger partial charge on any atom is 0.145 e. The van der Waals surface area contributed by atoms with Crippen LogP contribution in [0, 0.1) is 0 Å². The molecule has 0 amide bonds. The molecule has 19 heavy (non-hydrogen) atoms. The molecule has 3 N–H and O–H groups in total. The van der Waals surface area contributed by atoms with Crippen molar-refractivity contribution >= 4 is 11.6 Å². The molecule has 1 heterocycles. The normalized spacial score (nSPS) is 11.5. The van der Waals surface area contributed by atoms with E-state index in [2.05, 4.69) is 55.0 Å². The topological polar surface area (TPSA) is 67.1 Å². The summed E-state index contributed by atoms with van der Waals surface area (Å²) in [4.78, 5) is 11.2. The predicted molar refractivity (Wildman–Crippen MR) is 81.3 cm³/mol. The minimum absolute atomic E-state index is 0.0914. The second-order valence-electron chi connectivity index (χ2n) is 5.96. The van der Waals surface area contributed by atoms with Gasteiger partial charge in [0.2, 0.25) is 0 Å². The van der Waals surface area contributed by atoms with Crippen molar-refractivity contribution < 1.29 is 0 Å². The Morgan fingerprint density at radius 3 is 2.47 bits per heavy atom. The number of nitrogen functional groups attached to an aromatic ring is 1. The number of hydrazine groups is 1. The van der Waals surface area contributed by atoms with Crippen molar-refractivity contribution in [2.24, 2.45) is 5.84 Å². The highest BCUT2D eigenvalue weighted by molar-refractivity contribution is 5.48. The predicted octanol–water partition coefficient (Wildman–Crippen LogP) is 2.69. The Hall–Kier alpha value is -1.36. The SMILES string of the molecule is CCCCCN(C)c1cc(NN)nc(C(C)(C)C)n1. The molecule has 0 saturated heterocycles. The van der Waals surface area contributed by atoms with Gasteiger partial charge in [0.15, 0.2) is 0 Å². The molecular formula is C14H27N5. The van der Waals surface area contributed by atoms with E-state index in [1.165, 1.54) is 19.3 Å². The molecule has 0 atom stereocenters. The third-order valence-corrected chi connectivity index (χ3v) is 3.02. The average molecular weight is 265 g/mol. The molecule has 0 aliphatic carbocycles. The van der Waals surface area contributed by atoms with Crippen LogP contribution >= 0.6 is 0 Å². The molecule has 5 heteroatoms. The summed E-state index contributed by atoms with van der Waals surface area (Å²) in [5.41, 5.74) is 2.53. The largest absolute Gasteiger partial charge is 0.360 e. The molecule has 5 nitrogen and oxygen atoms in total. The van der Waals surface area contributed by atoms with Gasteiger partial charge in [0.05, 0.1) is 0 Å². The fourth-order valence-electron chi connectivity index (χ4n) is 1.75. The maximum absolute atomic E-state index is 5.49. The average Bonchev–Trinajstić information content (AvgIpc) is 2.37. The second-order valence-corrected chi connectivity index (χ2v) is 5.96. The first-order valence-corrected chi connectivity index (χ1v) is 6.95. The zero-order valence-corrected chi connectivity index (χ0v) is 12.8. The van der Waals surface area contributed by atoms with Crippen LogP contribution in [0.1, 0.15) is 52.8 Å². The molecule has 108 valence electrons. The fraction of sp³-hybridized carbons (Fsp3) is 0.714. The van der Waals surface area contributed by atoms with Gasteiger partial charge >= 0.3 is 0 Å². The summed E-state index contributed by atoms with van der Waals surface area (Å²) in [5, 5.41) is 0. The second kappa shape index (κ2) is 6.70. The molecule has 0 fully saturated rings. The molecule has 0 aliphatic heterocycles. The van der Waals surface area contributed by atoms with E-state index >= 15 is 0 Å². The molecule has 0 aromatic carbocycles. The van der Waals surface area contributed by atoms with Gasteiger partial charge < -0.3 is 10.3 Å². The number of hydrogen-bond donors (Lipinski definition) is 2. The lowest BCUT2D eigenvalue weighted by Crippen LogP contribution is -2.24. The molecule has 0 bridgehead atoms. The van der Waals surface area contributed by atoms with Crippen molar-refractivity contribution in [3.8, 4) is 0 Å². The highest BCUT2D eigenvalue weighted by Gasteiger charge is 2.19. The van der Waals surface area contributed by atoms with Crippen molar-refractivity contribution in [2.45, 2.75) is 52.4 Å². The summed E-state index contributed by atoms with van der Waals surface area (Å²) in [5.74, 6) is 7.88. The van der Waals surface area contributed by atoms with Crippen molar-refractivity contribution in [3.63, 3.8) is 0 Å². The van der Waals surface area contributed by atoms with E-state index in [0.717, 1.165) is 18.2 Å². The lowest BCUT2D eigenvalue weighted by molar-refractivity contribution is 0.545. The smallest absolute Gasteiger partial charge is 0.145 e. The molecule has 0 saturated carbocycles. The van der Waals surface area contributed by atoms with Crippen LogP contribution in [0.3, 0.4) is 0 Å². The Bertz CT molecular complexity index is 397. The maximum atomic E-state index is 5.49. The highest BCUT2D eigenvalue weighted by atomic mass is 15.3. The van der Waals surface area contributed by atoms with Gasteiger partial charge in [-0.05, 0) is 6.42 Å². The van der Waals surface area contributed by atoms with Crippen LogP contribution in [0.2, 0.25) is 0 Å². The van der Waals surface area contributed by atoms with Crippen LogP contribution < -0.4 is 16.2 Å². The van der Waals surface area contributed by atoms with Crippen LogP contribution in [0.15, 0.2) is 6.07 Å². The molecule has 0 aliphatic rings. The summed E-state index contributed by atoms with van der Waals surface area (Å²) in [7, 11) is 2.06. The van der Waals surface area contributed by atoms with Gasteiger partial charge in [0.1, 0.15) is 17.5 Å².